The van der Waals surface area contributed by atoms with Crippen LogP contribution in [0.15, 0.2) is 54.9 Å². The van der Waals surface area contributed by atoms with E-state index in [1.807, 2.05) is 30.3 Å². The van der Waals surface area contributed by atoms with Crippen molar-refractivity contribution in [1.29, 1.82) is 0 Å². The molecule has 0 aliphatic heterocycles. The van der Waals surface area contributed by atoms with E-state index >= 15 is 0 Å². The molecule has 0 radical (unpaired) electrons. The van der Waals surface area contributed by atoms with Crippen molar-refractivity contribution in [2.45, 2.75) is 13.3 Å². The quantitative estimate of drug-likeness (QED) is 0.400. The van der Waals surface area contributed by atoms with E-state index in [0.717, 1.165) is 35.4 Å². The van der Waals surface area contributed by atoms with Crippen LogP contribution in [0.2, 0.25) is 0 Å². The third-order valence-corrected chi connectivity index (χ3v) is 6.43. The molecule has 0 unspecified atom stereocenters. The van der Waals surface area contributed by atoms with E-state index in [1.165, 1.54) is 27.5 Å². The molecule has 5 aromatic rings. The van der Waals surface area contributed by atoms with Crippen molar-refractivity contribution in [3.05, 3.63) is 66.1 Å². The number of ether oxygens (including phenoxy) is 1. The van der Waals surface area contributed by atoms with Gasteiger partial charge >= 0.3 is 0 Å². The molecule has 3 N–H and O–H groups in total. The van der Waals surface area contributed by atoms with Gasteiger partial charge in [-0.25, -0.2) is 4.98 Å². The van der Waals surface area contributed by atoms with Crippen molar-refractivity contribution in [3.8, 4) is 16.9 Å². The first-order valence-electron chi connectivity index (χ1n) is 11.0. The molecule has 0 spiro atoms. The van der Waals surface area contributed by atoms with Gasteiger partial charge in [0.25, 0.3) is 0 Å². The molecule has 0 aliphatic carbocycles. The standard InChI is InChI=1S/C26H28N6O/c1-16-11-19-12-17(5-8-24(19)32(16)3)22-15-29-26(30-25(22)27)31(2)10-9-18-14-28-23-7-6-20(33-4)13-21(18)23/h5-8,11-15,28H,9-10H2,1-4H3,(H2,27,29,30). The lowest BCUT2D eigenvalue weighted by molar-refractivity contribution is 0.415. The predicted octanol–water partition coefficient (Wildman–Crippen LogP) is 4.69. The van der Waals surface area contributed by atoms with Gasteiger partial charge < -0.3 is 24.9 Å². The lowest BCUT2D eigenvalue weighted by Gasteiger charge is -2.18. The van der Waals surface area contributed by atoms with Crippen LogP contribution in [0.3, 0.4) is 0 Å². The van der Waals surface area contributed by atoms with Crippen molar-refractivity contribution >= 4 is 33.6 Å². The average molecular weight is 441 g/mol. The number of aromatic amines is 1. The number of likely N-dealkylation sites (N-methyl/N-ethyl adjacent to an activating group) is 1. The number of methoxy groups -OCH3 is 1. The Morgan fingerprint density at radius 1 is 1.15 bits per heavy atom. The lowest BCUT2D eigenvalue weighted by atomic mass is 10.1. The van der Waals surface area contributed by atoms with E-state index in [9.17, 15) is 0 Å². The zero-order valence-corrected chi connectivity index (χ0v) is 19.4. The molecule has 2 aromatic carbocycles. The Labute approximate surface area is 192 Å². The number of aromatic nitrogens is 4. The molecule has 33 heavy (non-hydrogen) atoms. The Morgan fingerprint density at radius 3 is 2.79 bits per heavy atom. The maximum atomic E-state index is 6.37. The molecule has 0 fully saturated rings. The van der Waals surface area contributed by atoms with Gasteiger partial charge in [0.15, 0.2) is 0 Å². The van der Waals surface area contributed by atoms with E-state index in [1.54, 1.807) is 7.11 Å². The summed E-state index contributed by atoms with van der Waals surface area (Å²) in [5.74, 6) is 1.95. The van der Waals surface area contributed by atoms with Crippen molar-refractivity contribution in [2.75, 3.05) is 31.3 Å². The fourth-order valence-corrected chi connectivity index (χ4v) is 4.33. The number of benzene rings is 2. The van der Waals surface area contributed by atoms with Crippen LogP contribution in [0, 0.1) is 6.92 Å². The molecule has 0 bridgehead atoms. The normalized spacial score (nSPS) is 11.4. The summed E-state index contributed by atoms with van der Waals surface area (Å²) in [6, 6.07) is 14.6. The zero-order chi connectivity index (χ0) is 23.1. The van der Waals surface area contributed by atoms with Crippen molar-refractivity contribution in [2.24, 2.45) is 7.05 Å². The first-order chi connectivity index (χ1) is 15.9. The maximum absolute atomic E-state index is 6.37. The van der Waals surface area contributed by atoms with Gasteiger partial charge in [-0.15, -0.1) is 0 Å². The van der Waals surface area contributed by atoms with Gasteiger partial charge in [-0.1, -0.05) is 6.07 Å². The third-order valence-electron chi connectivity index (χ3n) is 6.43. The number of hydrogen-bond donors (Lipinski definition) is 2. The van der Waals surface area contributed by atoms with Gasteiger partial charge in [-0.2, -0.15) is 4.98 Å². The first-order valence-corrected chi connectivity index (χ1v) is 11.0. The molecule has 0 aliphatic rings. The van der Waals surface area contributed by atoms with Crippen LogP contribution < -0.4 is 15.4 Å². The number of nitrogens with two attached hydrogens (primary N) is 1. The number of nitrogen functional groups attached to an aromatic ring is 1. The average Bonchev–Trinajstić information content (AvgIpc) is 3.36. The molecule has 7 heteroatoms. The number of H-pyrrole nitrogens is 1. The Kier molecular flexibility index (Phi) is 5.17. The minimum Gasteiger partial charge on any atom is -0.497 e. The summed E-state index contributed by atoms with van der Waals surface area (Å²) in [6.45, 7) is 2.87. The number of hydrogen-bond acceptors (Lipinski definition) is 5. The van der Waals surface area contributed by atoms with Gasteiger partial charge in [0.05, 0.1) is 7.11 Å². The molecule has 0 saturated carbocycles. The van der Waals surface area contributed by atoms with Crippen molar-refractivity contribution in [3.63, 3.8) is 0 Å². The second-order valence-electron chi connectivity index (χ2n) is 8.48. The SMILES string of the molecule is COc1ccc2[nH]cc(CCN(C)c3ncc(-c4ccc5c(c4)cc(C)n5C)c(N)n3)c2c1. The summed E-state index contributed by atoms with van der Waals surface area (Å²) in [5.41, 5.74) is 13.0. The summed E-state index contributed by atoms with van der Waals surface area (Å²) in [6.07, 6.45) is 4.72. The Morgan fingerprint density at radius 2 is 2.00 bits per heavy atom. The van der Waals surface area contributed by atoms with E-state index in [0.29, 0.717) is 11.8 Å². The van der Waals surface area contributed by atoms with Gasteiger partial charge in [0.1, 0.15) is 11.6 Å². The lowest BCUT2D eigenvalue weighted by Crippen LogP contribution is -2.23. The first kappa shape index (κ1) is 20.9. The third kappa shape index (κ3) is 3.75. The number of nitrogens with zero attached hydrogens (tertiary/aromatic N) is 4. The van der Waals surface area contributed by atoms with Crippen LogP contribution in [-0.2, 0) is 13.5 Å². The second-order valence-corrected chi connectivity index (χ2v) is 8.48. The Hall–Kier alpha value is -4.00. The smallest absolute Gasteiger partial charge is 0.227 e. The number of fused-ring (bicyclic) bond motifs is 2. The molecule has 0 saturated heterocycles. The van der Waals surface area contributed by atoms with Crippen molar-refractivity contribution in [1.82, 2.24) is 19.5 Å². The number of aryl methyl sites for hydroxylation is 2. The molecule has 168 valence electrons. The van der Waals surface area contributed by atoms with Crippen LogP contribution in [0.25, 0.3) is 32.9 Å². The maximum Gasteiger partial charge on any atom is 0.227 e. The topological polar surface area (TPSA) is 85.0 Å². The Balaban J connectivity index is 1.35. The van der Waals surface area contributed by atoms with Gasteiger partial charge in [0.2, 0.25) is 5.95 Å². The fourth-order valence-electron chi connectivity index (χ4n) is 4.33. The molecule has 3 aromatic heterocycles. The largest absolute Gasteiger partial charge is 0.497 e. The molecule has 0 amide bonds. The van der Waals surface area contributed by atoms with Crippen LogP contribution >= 0.6 is 0 Å². The highest BCUT2D eigenvalue weighted by atomic mass is 16.5. The van der Waals surface area contributed by atoms with E-state index in [-0.39, 0.29) is 0 Å². The van der Waals surface area contributed by atoms with Gasteiger partial charge in [-0.05, 0) is 60.9 Å². The highest BCUT2D eigenvalue weighted by Crippen LogP contribution is 2.30. The van der Waals surface area contributed by atoms with Crippen LogP contribution in [0.1, 0.15) is 11.3 Å². The van der Waals surface area contributed by atoms with Crippen LogP contribution in [0.5, 0.6) is 5.75 Å². The second kappa shape index (κ2) is 8.16. The van der Waals surface area contributed by atoms with Crippen LogP contribution in [-0.4, -0.2) is 40.2 Å². The van der Waals surface area contributed by atoms with E-state index in [2.05, 4.69) is 70.0 Å². The zero-order valence-electron chi connectivity index (χ0n) is 19.4. The monoisotopic (exact) mass is 440 g/mol. The minimum atomic E-state index is 0.482. The number of nitrogens with one attached hydrogen (secondary N) is 1. The molecule has 3 heterocycles. The van der Waals surface area contributed by atoms with Crippen LogP contribution in [0.4, 0.5) is 11.8 Å². The highest BCUT2D eigenvalue weighted by Gasteiger charge is 2.13. The number of rotatable bonds is 6. The number of anilines is 2. The summed E-state index contributed by atoms with van der Waals surface area (Å²) in [7, 11) is 5.75. The summed E-state index contributed by atoms with van der Waals surface area (Å²) in [5, 5.41) is 2.36. The van der Waals surface area contributed by atoms with Crippen molar-refractivity contribution < 1.29 is 4.74 Å². The molecular formula is C26H28N6O. The molecular weight excluding hydrogens is 412 g/mol. The minimum absolute atomic E-state index is 0.482. The summed E-state index contributed by atoms with van der Waals surface area (Å²) < 4.78 is 7.56. The predicted molar refractivity (Wildman–Crippen MR) is 135 cm³/mol. The molecule has 0 atom stereocenters. The summed E-state index contributed by atoms with van der Waals surface area (Å²) >= 11 is 0. The Bertz CT molecular complexity index is 1460. The molecule has 7 nitrogen and oxygen atoms in total. The molecule has 5 rings (SSSR count). The van der Waals surface area contributed by atoms with Gasteiger partial charge in [0, 0.05) is 66.1 Å². The van der Waals surface area contributed by atoms with Gasteiger partial charge in [-0.3, -0.25) is 0 Å². The highest BCUT2D eigenvalue weighted by molar-refractivity contribution is 5.88. The fraction of sp³-hybridized carbons (Fsp3) is 0.231. The van der Waals surface area contributed by atoms with E-state index in [4.69, 9.17) is 10.5 Å². The van der Waals surface area contributed by atoms with E-state index < -0.39 is 0 Å². The summed E-state index contributed by atoms with van der Waals surface area (Å²) in [4.78, 5) is 14.6.